The minimum atomic E-state index is 0.377. The highest BCUT2D eigenvalue weighted by Gasteiger charge is 2.24. The Morgan fingerprint density at radius 3 is 2.45 bits per heavy atom. The second-order valence-corrected chi connectivity index (χ2v) is 8.34. The van der Waals surface area contributed by atoms with Crippen LogP contribution in [0.3, 0.4) is 0 Å². The summed E-state index contributed by atoms with van der Waals surface area (Å²) in [4.78, 5) is 4.62. The van der Waals surface area contributed by atoms with E-state index in [1.54, 1.807) is 0 Å². The van der Waals surface area contributed by atoms with Crippen molar-refractivity contribution in [2.45, 2.75) is 52.2 Å². The fraction of sp³-hybridized carbons (Fsp3) is 0.588. The van der Waals surface area contributed by atoms with E-state index in [9.17, 15) is 0 Å². The molecule has 0 fully saturated rings. The van der Waals surface area contributed by atoms with Gasteiger partial charge < -0.3 is 5.32 Å². The number of rotatable bonds is 3. The normalized spacial score (nSPS) is 19.3. The molecule has 1 aliphatic heterocycles. The molecule has 1 N–H and O–H groups in total. The van der Waals surface area contributed by atoms with E-state index in [0.29, 0.717) is 16.6 Å². The smallest absolute Gasteiger partial charge is 0.161 e. The van der Waals surface area contributed by atoms with Crippen molar-refractivity contribution in [2.75, 3.05) is 11.9 Å². The molecule has 0 aromatic heterocycles. The fourth-order valence-electron chi connectivity index (χ4n) is 2.35. The molecule has 1 aliphatic rings. The highest BCUT2D eigenvalue weighted by atomic mass is 32.2. The lowest BCUT2D eigenvalue weighted by atomic mass is 9.90. The minimum Gasteiger partial charge on any atom is -0.335 e. The molecular formula is C17H26N2S. The van der Waals surface area contributed by atoms with Crippen LogP contribution in [0.15, 0.2) is 29.3 Å². The number of amidine groups is 1. The Balaban J connectivity index is 1.89. The number of benzene rings is 1. The van der Waals surface area contributed by atoms with Crippen LogP contribution in [-0.4, -0.2) is 17.0 Å². The standard InChI is InChI=1S/C17H26N2S/c1-12(2)13-6-8-14(9-7-13)19-16-18-11-15(20-16)10-17(3,4)5/h6-9,12,15H,10-11H2,1-5H3,(H,18,19). The van der Waals surface area contributed by atoms with Crippen LogP contribution < -0.4 is 5.32 Å². The summed E-state index contributed by atoms with van der Waals surface area (Å²) >= 11 is 1.88. The summed E-state index contributed by atoms with van der Waals surface area (Å²) < 4.78 is 0. The lowest BCUT2D eigenvalue weighted by molar-refractivity contribution is 0.375. The van der Waals surface area contributed by atoms with Gasteiger partial charge in [-0.15, -0.1) is 0 Å². The molecule has 1 unspecified atom stereocenters. The molecule has 0 aliphatic carbocycles. The first-order chi connectivity index (χ1) is 9.33. The highest BCUT2D eigenvalue weighted by Crippen LogP contribution is 2.32. The van der Waals surface area contributed by atoms with Gasteiger partial charge in [0.25, 0.3) is 0 Å². The zero-order valence-corrected chi connectivity index (χ0v) is 14.1. The topological polar surface area (TPSA) is 24.4 Å². The van der Waals surface area contributed by atoms with E-state index < -0.39 is 0 Å². The van der Waals surface area contributed by atoms with E-state index in [2.05, 4.69) is 69.2 Å². The number of hydrogen-bond acceptors (Lipinski definition) is 3. The summed E-state index contributed by atoms with van der Waals surface area (Å²) in [7, 11) is 0. The molecular weight excluding hydrogens is 264 g/mol. The highest BCUT2D eigenvalue weighted by molar-refractivity contribution is 8.15. The van der Waals surface area contributed by atoms with Crippen molar-refractivity contribution < 1.29 is 0 Å². The number of thioether (sulfide) groups is 1. The van der Waals surface area contributed by atoms with Gasteiger partial charge in [0.2, 0.25) is 0 Å². The Kier molecular flexibility index (Phi) is 4.79. The van der Waals surface area contributed by atoms with Crippen LogP contribution >= 0.6 is 11.8 Å². The molecule has 1 aromatic carbocycles. The van der Waals surface area contributed by atoms with Gasteiger partial charge in [0, 0.05) is 10.9 Å². The maximum atomic E-state index is 4.62. The summed E-state index contributed by atoms with van der Waals surface area (Å²) in [5.41, 5.74) is 2.89. The van der Waals surface area contributed by atoms with Crippen molar-refractivity contribution in [1.82, 2.24) is 0 Å². The van der Waals surface area contributed by atoms with Crippen molar-refractivity contribution in [1.29, 1.82) is 0 Å². The molecule has 3 heteroatoms. The first-order valence-electron chi connectivity index (χ1n) is 7.41. The second-order valence-electron chi connectivity index (χ2n) is 7.05. The molecule has 0 bridgehead atoms. The minimum absolute atomic E-state index is 0.377. The monoisotopic (exact) mass is 290 g/mol. The Labute approximate surface area is 127 Å². The van der Waals surface area contributed by atoms with E-state index in [-0.39, 0.29) is 0 Å². The van der Waals surface area contributed by atoms with Crippen LogP contribution in [0.25, 0.3) is 0 Å². The van der Waals surface area contributed by atoms with Crippen molar-refractivity contribution in [3.8, 4) is 0 Å². The second kappa shape index (κ2) is 6.21. The van der Waals surface area contributed by atoms with Gasteiger partial charge in [-0.1, -0.05) is 58.5 Å². The Hall–Kier alpha value is -0.960. The van der Waals surface area contributed by atoms with E-state index in [4.69, 9.17) is 0 Å². The van der Waals surface area contributed by atoms with E-state index in [0.717, 1.165) is 17.4 Å². The van der Waals surface area contributed by atoms with Crippen LogP contribution in [0.4, 0.5) is 5.69 Å². The molecule has 1 atom stereocenters. The van der Waals surface area contributed by atoms with Gasteiger partial charge in [0.1, 0.15) is 0 Å². The Bertz CT molecular complexity index is 469. The predicted molar refractivity (Wildman–Crippen MR) is 91.9 cm³/mol. The van der Waals surface area contributed by atoms with Gasteiger partial charge in [-0.3, -0.25) is 4.99 Å². The molecule has 2 nitrogen and oxygen atoms in total. The van der Waals surface area contributed by atoms with Crippen molar-refractivity contribution in [3.05, 3.63) is 29.8 Å². The Morgan fingerprint density at radius 1 is 1.25 bits per heavy atom. The molecule has 0 amide bonds. The molecule has 1 heterocycles. The van der Waals surface area contributed by atoms with Gasteiger partial charge in [-0.25, -0.2) is 0 Å². The molecule has 0 saturated carbocycles. The number of anilines is 1. The van der Waals surface area contributed by atoms with Gasteiger partial charge >= 0.3 is 0 Å². The first-order valence-corrected chi connectivity index (χ1v) is 8.29. The average Bonchev–Trinajstić information content (AvgIpc) is 2.74. The van der Waals surface area contributed by atoms with Gasteiger partial charge in [0.05, 0.1) is 6.54 Å². The number of hydrogen-bond donors (Lipinski definition) is 1. The first kappa shape index (κ1) is 15.4. The van der Waals surface area contributed by atoms with Crippen LogP contribution in [-0.2, 0) is 0 Å². The van der Waals surface area contributed by atoms with Crippen molar-refractivity contribution >= 4 is 22.6 Å². The summed E-state index contributed by atoms with van der Waals surface area (Å²) in [5, 5.41) is 5.12. The molecule has 110 valence electrons. The largest absolute Gasteiger partial charge is 0.335 e. The maximum Gasteiger partial charge on any atom is 0.161 e. The van der Waals surface area contributed by atoms with Crippen molar-refractivity contribution in [2.24, 2.45) is 10.4 Å². The molecule has 2 rings (SSSR count). The molecule has 20 heavy (non-hydrogen) atoms. The van der Waals surface area contributed by atoms with Gasteiger partial charge in [-0.2, -0.15) is 0 Å². The summed E-state index contributed by atoms with van der Waals surface area (Å²) in [6, 6.07) is 8.69. The van der Waals surface area contributed by atoms with Crippen LogP contribution in [0.1, 0.15) is 52.5 Å². The summed E-state index contributed by atoms with van der Waals surface area (Å²) in [6.07, 6.45) is 1.21. The fourth-order valence-corrected chi connectivity index (χ4v) is 3.72. The van der Waals surface area contributed by atoms with Gasteiger partial charge in [0.15, 0.2) is 5.17 Å². The molecule has 0 spiro atoms. The number of aliphatic imine (C=N–C) groups is 1. The van der Waals surface area contributed by atoms with Crippen molar-refractivity contribution in [3.63, 3.8) is 0 Å². The predicted octanol–water partition coefficient (Wildman–Crippen LogP) is 5.13. The zero-order chi connectivity index (χ0) is 14.8. The van der Waals surface area contributed by atoms with E-state index in [1.807, 2.05) is 11.8 Å². The van der Waals surface area contributed by atoms with E-state index in [1.165, 1.54) is 12.0 Å². The third kappa shape index (κ3) is 4.55. The van der Waals surface area contributed by atoms with Gasteiger partial charge in [-0.05, 0) is 35.4 Å². The molecule has 0 saturated heterocycles. The lowest BCUT2D eigenvalue weighted by Crippen LogP contribution is -2.16. The Morgan fingerprint density at radius 2 is 1.90 bits per heavy atom. The lowest BCUT2D eigenvalue weighted by Gasteiger charge is -2.21. The summed E-state index contributed by atoms with van der Waals surface area (Å²) in [5.74, 6) is 0.582. The quantitative estimate of drug-likeness (QED) is 0.834. The SMILES string of the molecule is CC(C)c1ccc(NC2=NCC(CC(C)(C)C)S2)cc1. The van der Waals surface area contributed by atoms with E-state index >= 15 is 0 Å². The van der Waals surface area contributed by atoms with Crippen LogP contribution in [0, 0.1) is 5.41 Å². The number of nitrogens with one attached hydrogen (secondary N) is 1. The summed E-state index contributed by atoms with van der Waals surface area (Å²) in [6.45, 7) is 12.3. The zero-order valence-electron chi connectivity index (χ0n) is 13.2. The average molecular weight is 290 g/mol. The van der Waals surface area contributed by atoms with Crippen LogP contribution in [0.2, 0.25) is 0 Å². The van der Waals surface area contributed by atoms with Crippen LogP contribution in [0.5, 0.6) is 0 Å². The third-order valence-electron chi connectivity index (χ3n) is 3.39. The maximum absolute atomic E-state index is 4.62. The molecule has 1 aromatic rings. The number of nitrogens with zero attached hydrogens (tertiary/aromatic N) is 1. The third-order valence-corrected chi connectivity index (χ3v) is 4.49. The molecule has 0 radical (unpaired) electrons.